The van der Waals surface area contributed by atoms with E-state index < -0.39 is 10.0 Å². The topological polar surface area (TPSA) is 101 Å². The van der Waals surface area contributed by atoms with Crippen molar-refractivity contribution in [2.75, 3.05) is 6.61 Å². The van der Waals surface area contributed by atoms with Crippen LogP contribution in [0.4, 0.5) is 0 Å². The van der Waals surface area contributed by atoms with Crippen LogP contribution in [0.1, 0.15) is 49.4 Å². The standard InChI is InChI=1S/C22H24N4O3S/c27-12-11-19-24-18-13-23-22-20(21(18)25-19)17(15-7-3-1-4-8-15)14-26(22)30(28,29)16-9-5-2-6-10-16/h2,5-6,9-10,13-15,27H,1,3-4,7-8,11-12H2,(H,24,25). The zero-order valence-corrected chi connectivity index (χ0v) is 17.4. The lowest BCUT2D eigenvalue weighted by Gasteiger charge is -2.21. The van der Waals surface area contributed by atoms with E-state index in [0.29, 0.717) is 23.8 Å². The number of H-pyrrole nitrogens is 1. The molecule has 1 fully saturated rings. The molecule has 2 N–H and O–H groups in total. The maximum atomic E-state index is 13.4. The van der Waals surface area contributed by atoms with E-state index in [2.05, 4.69) is 9.97 Å². The Kier molecular flexibility index (Phi) is 4.83. The van der Waals surface area contributed by atoms with Crippen molar-refractivity contribution in [2.24, 2.45) is 0 Å². The van der Waals surface area contributed by atoms with E-state index in [4.69, 9.17) is 4.98 Å². The van der Waals surface area contributed by atoms with Gasteiger partial charge in [-0.3, -0.25) is 0 Å². The number of imidazole rings is 1. The molecule has 1 aromatic carbocycles. The van der Waals surface area contributed by atoms with Gasteiger partial charge in [0.2, 0.25) is 0 Å². The Morgan fingerprint density at radius 2 is 1.90 bits per heavy atom. The summed E-state index contributed by atoms with van der Waals surface area (Å²) >= 11 is 0. The number of aliphatic hydroxyl groups is 1. The Hall–Kier alpha value is -2.71. The monoisotopic (exact) mass is 424 g/mol. The Morgan fingerprint density at radius 3 is 2.63 bits per heavy atom. The number of aromatic nitrogens is 4. The molecule has 7 nitrogen and oxygen atoms in total. The van der Waals surface area contributed by atoms with Crippen molar-refractivity contribution < 1.29 is 13.5 Å². The molecule has 30 heavy (non-hydrogen) atoms. The first kappa shape index (κ1) is 19.3. The summed E-state index contributed by atoms with van der Waals surface area (Å²) in [6.07, 6.45) is 9.38. The Bertz CT molecular complexity index is 1300. The predicted molar refractivity (Wildman–Crippen MR) is 115 cm³/mol. The van der Waals surface area contributed by atoms with Gasteiger partial charge in [0.25, 0.3) is 10.0 Å². The smallest absolute Gasteiger partial charge is 0.269 e. The van der Waals surface area contributed by atoms with Crippen molar-refractivity contribution in [2.45, 2.75) is 49.3 Å². The molecule has 0 bridgehead atoms. The van der Waals surface area contributed by atoms with Crippen LogP contribution < -0.4 is 0 Å². The highest BCUT2D eigenvalue weighted by atomic mass is 32.2. The second-order valence-electron chi connectivity index (χ2n) is 7.91. The highest BCUT2D eigenvalue weighted by Crippen LogP contribution is 2.40. The molecule has 3 heterocycles. The highest BCUT2D eigenvalue weighted by Gasteiger charge is 2.28. The first-order valence-electron chi connectivity index (χ1n) is 10.4. The van der Waals surface area contributed by atoms with E-state index in [1.807, 2.05) is 0 Å². The van der Waals surface area contributed by atoms with Gasteiger partial charge < -0.3 is 10.1 Å². The Morgan fingerprint density at radius 1 is 1.13 bits per heavy atom. The third-order valence-electron chi connectivity index (χ3n) is 6.00. The van der Waals surface area contributed by atoms with E-state index in [1.54, 1.807) is 42.7 Å². The zero-order valence-electron chi connectivity index (χ0n) is 16.6. The van der Waals surface area contributed by atoms with Gasteiger partial charge in [-0.1, -0.05) is 37.5 Å². The Balaban J connectivity index is 1.79. The molecule has 0 radical (unpaired) electrons. The summed E-state index contributed by atoms with van der Waals surface area (Å²) in [5.41, 5.74) is 2.90. The summed E-state index contributed by atoms with van der Waals surface area (Å²) < 4.78 is 28.2. The lowest BCUT2D eigenvalue weighted by Crippen LogP contribution is -2.12. The molecule has 0 aliphatic heterocycles. The average molecular weight is 425 g/mol. The van der Waals surface area contributed by atoms with Crippen LogP contribution in [0.2, 0.25) is 0 Å². The summed E-state index contributed by atoms with van der Waals surface area (Å²) in [4.78, 5) is 12.7. The van der Waals surface area contributed by atoms with Crippen LogP contribution in [0.5, 0.6) is 0 Å². The molecule has 0 spiro atoms. The molecule has 0 amide bonds. The molecule has 5 rings (SSSR count). The molecule has 0 unspecified atom stereocenters. The largest absolute Gasteiger partial charge is 0.396 e. The minimum atomic E-state index is -3.78. The van der Waals surface area contributed by atoms with Gasteiger partial charge >= 0.3 is 0 Å². The van der Waals surface area contributed by atoms with Crippen LogP contribution >= 0.6 is 0 Å². The lowest BCUT2D eigenvalue weighted by atomic mass is 9.84. The average Bonchev–Trinajstić information content (AvgIpc) is 3.36. The van der Waals surface area contributed by atoms with Crippen LogP contribution in [0.25, 0.3) is 22.1 Å². The number of aliphatic hydroxyl groups excluding tert-OH is 1. The van der Waals surface area contributed by atoms with Gasteiger partial charge in [-0.05, 0) is 36.5 Å². The van der Waals surface area contributed by atoms with Gasteiger partial charge in [-0.2, -0.15) is 0 Å². The predicted octanol–water partition coefficient (Wildman–Crippen LogP) is 3.73. The third kappa shape index (κ3) is 3.11. The van der Waals surface area contributed by atoms with Crippen LogP contribution in [0.15, 0.2) is 47.6 Å². The van der Waals surface area contributed by atoms with Gasteiger partial charge in [0.15, 0.2) is 5.65 Å². The maximum Gasteiger partial charge on any atom is 0.269 e. The van der Waals surface area contributed by atoms with Gasteiger partial charge in [0.05, 0.1) is 28.6 Å². The molecule has 0 atom stereocenters. The quantitative estimate of drug-likeness (QED) is 0.508. The normalized spacial score (nSPS) is 15.9. The van der Waals surface area contributed by atoms with E-state index >= 15 is 0 Å². The number of hydrogen-bond acceptors (Lipinski definition) is 5. The molecular weight excluding hydrogens is 400 g/mol. The van der Waals surface area contributed by atoms with E-state index in [-0.39, 0.29) is 11.5 Å². The SMILES string of the molecule is O=S(=O)(c1ccccc1)n1cc(C2CCCCC2)c2c3nc(CCO)[nH]c3cnc21. The second kappa shape index (κ2) is 7.52. The molecule has 8 heteroatoms. The number of fused-ring (bicyclic) bond motifs is 3. The van der Waals surface area contributed by atoms with Gasteiger partial charge in [0.1, 0.15) is 11.3 Å². The number of rotatable bonds is 5. The molecule has 4 aromatic rings. The highest BCUT2D eigenvalue weighted by molar-refractivity contribution is 7.90. The molecule has 156 valence electrons. The second-order valence-corrected chi connectivity index (χ2v) is 9.72. The zero-order chi connectivity index (χ0) is 20.7. The van der Waals surface area contributed by atoms with Crippen molar-refractivity contribution in [3.05, 3.63) is 54.1 Å². The van der Waals surface area contributed by atoms with E-state index in [9.17, 15) is 13.5 Å². The van der Waals surface area contributed by atoms with Crippen molar-refractivity contribution in [3.63, 3.8) is 0 Å². The maximum absolute atomic E-state index is 13.4. The van der Waals surface area contributed by atoms with E-state index in [1.165, 1.54) is 10.4 Å². The molecule has 1 aliphatic carbocycles. The summed E-state index contributed by atoms with van der Waals surface area (Å²) in [5, 5.41) is 10.1. The number of nitrogens with one attached hydrogen (secondary N) is 1. The third-order valence-corrected chi connectivity index (χ3v) is 7.67. The number of nitrogens with zero attached hydrogens (tertiary/aromatic N) is 3. The first-order valence-corrected chi connectivity index (χ1v) is 11.8. The van der Waals surface area contributed by atoms with Crippen LogP contribution in [0, 0.1) is 0 Å². The van der Waals surface area contributed by atoms with Gasteiger partial charge in [0, 0.05) is 12.6 Å². The Labute approximate surface area is 174 Å². The summed E-state index contributed by atoms with van der Waals surface area (Å²) in [6.45, 7) is -0.00469. The number of hydrogen-bond donors (Lipinski definition) is 2. The fraction of sp³-hybridized carbons (Fsp3) is 0.364. The van der Waals surface area contributed by atoms with E-state index in [0.717, 1.165) is 47.7 Å². The van der Waals surface area contributed by atoms with Crippen molar-refractivity contribution >= 4 is 32.1 Å². The van der Waals surface area contributed by atoms with Crippen molar-refractivity contribution in [3.8, 4) is 0 Å². The van der Waals surface area contributed by atoms with Crippen LogP contribution in [0.3, 0.4) is 0 Å². The van der Waals surface area contributed by atoms with Gasteiger partial charge in [-0.25, -0.2) is 22.4 Å². The minimum absolute atomic E-state index is 0.00469. The fourth-order valence-electron chi connectivity index (χ4n) is 4.54. The van der Waals surface area contributed by atoms with Crippen molar-refractivity contribution in [1.82, 2.24) is 18.9 Å². The summed E-state index contributed by atoms with van der Waals surface area (Å²) in [6, 6.07) is 8.46. The lowest BCUT2D eigenvalue weighted by molar-refractivity contribution is 0.297. The molecule has 0 saturated heterocycles. The van der Waals surface area contributed by atoms with Crippen molar-refractivity contribution in [1.29, 1.82) is 0 Å². The van der Waals surface area contributed by atoms with Crippen LogP contribution in [-0.2, 0) is 16.4 Å². The number of aromatic amines is 1. The molecule has 1 saturated carbocycles. The summed E-state index contributed by atoms with van der Waals surface area (Å²) in [5.74, 6) is 0.967. The summed E-state index contributed by atoms with van der Waals surface area (Å²) in [7, 11) is -3.78. The number of benzene rings is 1. The first-order chi connectivity index (χ1) is 14.6. The van der Waals surface area contributed by atoms with Gasteiger partial charge in [-0.15, -0.1) is 0 Å². The van der Waals surface area contributed by atoms with Crippen LogP contribution in [-0.4, -0.2) is 39.1 Å². The number of pyridine rings is 1. The fourth-order valence-corrected chi connectivity index (χ4v) is 5.89. The molecule has 1 aliphatic rings. The molecular formula is C22H24N4O3S. The molecule has 3 aromatic heterocycles. The minimum Gasteiger partial charge on any atom is -0.396 e.